The number of halogens is 1. The van der Waals surface area contributed by atoms with Gasteiger partial charge in [-0.15, -0.1) is 0 Å². The predicted octanol–water partition coefficient (Wildman–Crippen LogP) is 1.91. The molecule has 0 fully saturated rings. The molecule has 0 atom stereocenters. The van der Waals surface area contributed by atoms with Crippen LogP contribution in [0.15, 0.2) is 24.3 Å². The van der Waals surface area contributed by atoms with E-state index in [1.807, 2.05) is 20.9 Å². The van der Waals surface area contributed by atoms with E-state index in [1.54, 1.807) is 16.8 Å². The summed E-state index contributed by atoms with van der Waals surface area (Å²) in [6, 6.07) is 5.92. The quantitative estimate of drug-likeness (QED) is 0.830. The SMILES string of the molecule is Cc1nn(C)c(C)c1CC(=O)NCCOc1cccc(F)c1. The second-order valence-corrected chi connectivity index (χ2v) is 5.11. The van der Waals surface area contributed by atoms with Gasteiger partial charge in [-0.2, -0.15) is 5.10 Å². The molecular weight excluding hydrogens is 285 g/mol. The van der Waals surface area contributed by atoms with E-state index in [4.69, 9.17) is 4.74 Å². The van der Waals surface area contributed by atoms with Crippen LogP contribution in [0.4, 0.5) is 4.39 Å². The van der Waals surface area contributed by atoms with E-state index in [1.165, 1.54) is 12.1 Å². The lowest BCUT2D eigenvalue weighted by Gasteiger charge is -2.08. The van der Waals surface area contributed by atoms with E-state index in [-0.39, 0.29) is 11.7 Å². The zero-order valence-electron chi connectivity index (χ0n) is 13.0. The zero-order valence-corrected chi connectivity index (χ0v) is 13.0. The second kappa shape index (κ2) is 7.06. The van der Waals surface area contributed by atoms with Gasteiger partial charge < -0.3 is 10.1 Å². The molecule has 0 aliphatic rings. The van der Waals surface area contributed by atoms with Crippen LogP contribution in [0.3, 0.4) is 0 Å². The van der Waals surface area contributed by atoms with Crippen molar-refractivity contribution >= 4 is 5.91 Å². The number of nitrogens with zero attached hydrogens (tertiary/aromatic N) is 2. The number of hydrogen-bond acceptors (Lipinski definition) is 3. The number of benzene rings is 1. The van der Waals surface area contributed by atoms with Crippen molar-refractivity contribution in [3.63, 3.8) is 0 Å². The zero-order chi connectivity index (χ0) is 16.1. The summed E-state index contributed by atoms with van der Waals surface area (Å²) in [6.45, 7) is 4.49. The number of hydrogen-bond donors (Lipinski definition) is 1. The maximum Gasteiger partial charge on any atom is 0.224 e. The second-order valence-electron chi connectivity index (χ2n) is 5.11. The predicted molar refractivity (Wildman–Crippen MR) is 81.3 cm³/mol. The summed E-state index contributed by atoms with van der Waals surface area (Å²) >= 11 is 0. The molecule has 0 saturated carbocycles. The van der Waals surface area contributed by atoms with Crippen LogP contribution in [0.1, 0.15) is 17.0 Å². The summed E-state index contributed by atoms with van der Waals surface area (Å²) in [7, 11) is 1.86. The van der Waals surface area contributed by atoms with Crippen molar-refractivity contribution in [2.75, 3.05) is 13.2 Å². The van der Waals surface area contributed by atoms with Crippen LogP contribution in [0.25, 0.3) is 0 Å². The number of aryl methyl sites for hydroxylation is 2. The highest BCUT2D eigenvalue weighted by atomic mass is 19.1. The molecule has 5 nitrogen and oxygen atoms in total. The van der Waals surface area contributed by atoms with Gasteiger partial charge in [-0.1, -0.05) is 6.07 Å². The van der Waals surface area contributed by atoms with E-state index in [0.29, 0.717) is 25.3 Å². The molecule has 118 valence electrons. The molecule has 0 saturated heterocycles. The third kappa shape index (κ3) is 4.07. The Morgan fingerprint density at radius 2 is 2.18 bits per heavy atom. The molecule has 0 aliphatic carbocycles. The summed E-state index contributed by atoms with van der Waals surface area (Å²) in [5.74, 6) is 0.0271. The van der Waals surface area contributed by atoms with Gasteiger partial charge >= 0.3 is 0 Å². The van der Waals surface area contributed by atoms with Crippen molar-refractivity contribution in [2.24, 2.45) is 7.05 Å². The van der Waals surface area contributed by atoms with Gasteiger partial charge in [0.2, 0.25) is 5.91 Å². The Morgan fingerprint density at radius 1 is 1.41 bits per heavy atom. The average Bonchev–Trinajstić information content (AvgIpc) is 2.70. The van der Waals surface area contributed by atoms with Crippen molar-refractivity contribution in [1.29, 1.82) is 0 Å². The molecule has 0 unspecified atom stereocenters. The first-order valence-corrected chi connectivity index (χ1v) is 7.11. The fraction of sp³-hybridized carbons (Fsp3) is 0.375. The van der Waals surface area contributed by atoms with Crippen LogP contribution in [0.5, 0.6) is 5.75 Å². The molecule has 1 N–H and O–H groups in total. The average molecular weight is 305 g/mol. The topological polar surface area (TPSA) is 56.2 Å². The Balaban J connectivity index is 1.76. The van der Waals surface area contributed by atoms with E-state index < -0.39 is 0 Å². The van der Waals surface area contributed by atoms with Gasteiger partial charge in [-0.05, 0) is 26.0 Å². The lowest BCUT2D eigenvalue weighted by atomic mass is 10.1. The Labute approximate surface area is 129 Å². The third-order valence-electron chi connectivity index (χ3n) is 3.49. The van der Waals surface area contributed by atoms with Gasteiger partial charge in [0.25, 0.3) is 0 Å². The molecule has 0 spiro atoms. The fourth-order valence-electron chi connectivity index (χ4n) is 2.21. The maximum absolute atomic E-state index is 13.0. The lowest BCUT2D eigenvalue weighted by molar-refractivity contribution is -0.120. The van der Waals surface area contributed by atoms with Crippen molar-refractivity contribution < 1.29 is 13.9 Å². The van der Waals surface area contributed by atoms with E-state index in [2.05, 4.69) is 10.4 Å². The van der Waals surface area contributed by atoms with Crippen molar-refractivity contribution in [2.45, 2.75) is 20.3 Å². The Morgan fingerprint density at radius 3 is 2.82 bits per heavy atom. The first-order valence-electron chi connectivity index (χ1n) is 7.11. The lowest BCUT2D eigenvalue weighted by Crippen LogP contribution is -2.29. The van der Waals surface area contributed by atoms with E-state index in [0.717, 1.165) is 17.0 Å². The van der Waals surface area contributed by atoms with Gasteiger partial charge in [0.15, 0.2) is 0 Å². The normalized spacial score (nSPS) is 10.5. The number of nitrogens with one attached hydrogen (secondary N) is 1. The molecule has 0 radical (unpaired) electrons. The fourth-order valence-corrected chi connectivity index (χ4v) is 2.21. The van der Waals surface area contributed by atoms with Gasteiger partial charge in [0.05, 0.1) is 18.7 Å². The van der Waals surface area contributed by atoms with Gasteiger partial charge in [0, 0.05) is 24.4 Å². The molecule has 1 aromatic carbocycles. The highest BCUT2D eigenvalue weighted by Crippen LogP contribution is 2.13. The van der Waals surface area contributed by atoms with Crippen molar-refractivity contribution in [3.05, 3.63) is 47.0 Å². The Kier molecular flexibility index (Phi) is 5.14. The number of carbonyl (C=O) groups excluding carboxylic acids is 1. The van der Waals surface area contributed by atoms with Crippen LogP contribution in [-0.2, 0) is 18.3 Å². The van der Waals surface area contributed by atoms with Crippen LogP contribution in [0, 0.1) is 19.7 Å². The molecule has 2 aromatic rings. The van der Waals surface area contributed by atoms with Crippen LogP contribution < -0.4 is 10.1 Å². The first kappa shape index (κ1) is 16.0. The molecular formula is C16H20FN3O2. The molecule has 1 aromatic heterocycles. The molecule has 1 heterocycles. The van der Waals surface area contributed by atoms with Crippen molar-refractivity contribution in [3.8, 4) is 5.75 Å². The summed E-state index contributed by atoms with van der Waals surface area (Å²) in [5, 5.41) is 7.07. The van der Waals surface area contributed by atoms with Crippen molar-refractivity contribution in [1.82, 2.24) is 15.1 Å². The smallest absolute Gasteiger partial charge is 0.224 e. The number of carbonyl (C=O) groups is 1. The number of amides is 1. The Hall–Kier alpha value is -2.37. The van der Waals surface area contributed by atoms with Crippen LogP contribution in [-0.4, -0.2) is 28.8 Å². The highest BCUT2D eigenvalue weighted by Gasteiger charge is 2.13. The number of rotatable bonds is 6. The van der Waals surface area contributed by atoms with Gasteiger partial charge in [-0.3, -0.25) is 9.48 Å². The molecule has 22 heavy (non-hydrogen) atoms. The molecule has 0 bridgehead atoms. The van der Waals surface area contributed by atoms with Gasteiger partial charge in [0.1, 0.15) is 18.2 Å². The molecule has 1 amide bonds. The largest absolute Gasteiger partial charge is 0.492 e. The summed E-state index contributed by atoms with van der Waals surface area (Å²) in [4.78, 5) is 11.9. The minimum Gasteiger partial charge on any atom is -0.492 e. The monoisotopic (exact) mass is 305 g/mol. The first-order chi connectivity index (χ1) is 10.5. The van der Waals surface area contributed by atoms with Crippen LogP contribution in [0.2, 0.25) is 0 Å². The highest BCUT2D eigenvalue weighted by molar-refractivity contribution is 5.79. The van der Waals surface area contributed by atoms with E-state index in [9.17, 15) is 9.18 Å². The standard InChI is InChI=1S/C16H20FN3O2/c1-11-15(12(2)20(3)19-11)10-16(21)18-7-8-22-14-6-4-5-13(17)9-14/h4-6,9H,7-8,10H2,1-3H3,(H,18,21). The van der Waals surface area contributed by atoms with E-state index >= 15 is 0 Å². The minimum absolute atomic E-state index is 0.0814. The van der Waals surface area contributed by atoms with Crippen LogP contribution >= 0.6 is 0 Å². The summed E-state index contributed by atoms with van der Waals surface area (Å²) in [6.07, 6.45) is 0.297. The Bertz CT molecular complexity index is 667. The van der Waals surface area contributed by atoms with Gasteiger partial charge in [-0.25, -0.2) is 4.39 Å². The molecule has 6 heteroatoms. The summed E-state index contributed by atoms with van der Waals surface area (Å²) < 4.78 is 20.1. The number of aromatic nitrogens is 2. The maximum atomic E-state index is 13.0. The summed E-state index contributed by atoms with van der Waals surface area (Å²) in [5.41, 5.74) is 2.81. The minimum atomic E-state index is -0.343. The third-order valence-corrected chi connectivity index (χ3v) is 3.49. The molecule has 0 aliphatic heterocycles. The number of ether oxygens (including phenoxy) is 1. The molecule has 2 rings (SSSR count).